The fourth-order valence-corrected chi connectivity index (χ4v) is 8.88. The highest BCUT2D eigenvalue weighted by molar-refractivity contribution is 8.15. The quantitative estimate of drug-likeness (QED) is 0.114. The summed E-state index contributed by atoms with van der Waals surface area (Å²) in [6.07, 6.45) is 2.34. The number of benzene rings is 4. The van der Waals surface area contributed by atoms with Crippen LogP contribution in [0.4, 0.5) is 11.4 Å². The third kappa shape index (κ3) is 10.0. The van der Waals surface area contributed by atoms with Crippen molar-refractivity contribution in [1.82, 2.24) is 4.72 Å². The number of thioether (sulfide) groups is 1. The third-order valence-corrected chi connectivity index (χ3v) is 13.6. The fourth-order valence-electron chi connectivity index (χ4n) is 5.73. The van der Waals surface area contributed by atoms with Gasteiger partial charge in [0.05, 0.1) is 32.3 Å². The molecule has 0 radical (unpaired) electrons. The molecule has 0 bridgehead atoms. The standard InChI is InChI=1S/C41H44Cl4N4O5S2/c1-7-40(3,4)26-15-18-34(29(21-26)41(5,6)8-2)54-20-12-19-46-56(52,53)28-16-17-30(43)33(24-28)47-37-36(55-39(51)25-13-10-9-11-14-25)38(50)49(48-37)35-31(44)22-27(42)23-32(35)45/h9-11,13-18,21-24,36,46H,7-8,12,19-20H2,1-6H3,(H,47,48). The second kappa shape index (κ2) is 18.1. The Morgan fingerprint density at radius 3 is 2.18 bits per heavy atom. The molecule has 0 aromatic heterocycles. The van der Waals surface area contributed by atoms with Crippen LogP contribution in [0.5, 0.6) is 5.75 Å². The van der Waals surface area contributed by atoms with Gasteiger partial charge in [-0.25, -0.2) is 13.1 Å². The molecule has 1 aliphatic rings. The van der Waals surface area contributed by atoms with E-state index in [0.717, 1.165) is 40.9 Å². The maximum Gasteiger partial charge on any atom is 0.268 e. The number of rotatable bonds is 15. The van der Waals surface area contributed by atoms with Crippen molar-refractivity contribution >= 4 is 96.4 Å². The molecule has 4 aromatic rings. The van der Waals surface area contributed by atoms with Crippen molar-refractivity contribution in [2.75, 3.05) is 23.5 Å². The number of carbonyl (C=O) groups excluding carboxylic acids is 2. The maximum atomic E-state index is 13.9. The monoisotopic (exact) mass is 876 g/mol. The molecule has 298 valence electrons. The molecule has 4 aromatic carbocycles. The predicted octanol–water partition coefficient (Wildman–Crippen LogP) is 11.1. The van der Waals surface area contributed by atoms with Gasteiger partial charge >= 0.3 is 0 Å². The molecule has 1 aliphatic heterocycles. The molecule has 1 atom stereocenters. The number of carbonyl (C=O) groups is 2. The van der Waals surface area contributed by atoms with Crippen molar-refractivity contribution in [2.45, 2.75) is 81.8 Å². The van der Waals surface area contributed by atoms with Gasteiger partial charge in [0, 0.05) is 22.7 Å². The summed E-state index contributed by atoms with van der Waals surface area (Å²) < 4.78 is 35.9. The molecule has 0 saturated carbocycles. The molecule has 1 amide bonds. The van der Waals surface area contributed by atoms with Crippen LogP contribution in [0.25, 0.3) is 0 Å². The second-order valence-electron chi connectivity index (χ2n) is 14.6. The van der Waals surface area contributed by atoms with E-state index in [9.17, 15) is 18.0 Å². The molecule has 2 N–H and O–H groups in total. The van der Waals surface area contributed by atoms with Gasteiger partial charge in [0.1, 0.15) is 11.4 Å². The smallest absolute Gasteiger partial charge is 0.268 e. The number of hydrazone groups is 1. The zero-order valence-electron chi connectivity index (χ0n) is 31.9. The Labute approximate surface area is 353 Å². The molecule has 1 unspecified atom stereocenters. The van der Waals surface area contributed by atoms with E-state index < -0.39 is 26.3 Å². The van der Waals surface area contributed by atoms with Crippen molar-refractivity contribution in [2.24, 2.45) is 5.10 Å². The molecule has 0 aliphatic carbocycles. The number of sulfonamides is 1. The van der Waals surface area contributed by atoms with Crippen LogP contribution in [0.3, 0.4) is 0 Å². The van der Waals surface area contributed by atoms with Crippen molar-refractivity contribution in [3.05, 3.63) is 116 Å². The van der Waals surface area contributed by atoms with Crippen LogP contribution in [-0.4, -0.2) is 43.7 Å². The second-order valence-corrected chi connectivity index (χ2v) is 19.1. The molecule has 5 rings (SSSR count). The lowest BCUT2D eigenvalue weighted by Gasteiger charge is -2.30. The van der Waals surface area contributed by atoms with Gasteiger partial charge in [-0.15, -0.1) is 5.10 Å². The number of anilines is 2. The topological polar surface area (TPSA) is 117 Å². The summed E-state index contributed by atoms with van der Waals surface area (Å²) in [5.41, 5.74) is 2.86. The van der Waals surface area contributed by atoms with E-state index in [1.165, 1.54) is 35.9 Å². The van der Waals surface area contributed by atoms with Gasteiger partial charge < -0.3 is 10.1 Å². The Bertz CT molecular complexity index is 2230. The lowest BCUT2D eigenvalue weighted by atomic mass is 9.76. The van der Waals surface area contributed by atoms with Crippen molar-refractivity contribution < 1.29 is 22.7 Å². The Morgan fingerprint density at radius 2 is 1.54 bits per heavy atom. The number of hydrogen-bond acceptors (Lipinski definition) is 8. The van der Waals surface area contributed by atoms with E-state index in [2.05, 4.69) is 68.8 Å². The van der Waals surface area contributed by atoms with E-state index in [-0.39, 0.29) is 59.6 Å². The highest BCUT2D eigenvalue weighted by Gasteiger charge is 2.41. The Hall–Kier alpha value is -3.29. The van der Waals surface area contributed by atoms with Crippen molar-refractivity contribution in [1.29, 1.82) is 0 Å². The summed E-state index contributed by atoms with van der Waals surface area (Å²) in [5, 5.41) is 7.36. The largest absolute Gasteiger partial charge is 0.493 e. The van der Waals surface area contributed by atoms with Gasteiger partial charge in [-0.3, -0.25) is 9.59 Å². The molecular formula is C41H44Cl4N4O5S2. The van der Waals surface area contributed by atoms with Crippen LogP contribution < -0.4 is 19.8 Å². The van der Waals surface area contributed by atoms with E-state index in [1.807, 2.05) is 6.07 Å². The highest BCUT2D eigenvalue weighted by atomic mass is 35.5. The number of ether oxygens (including phenoxy) is 1. The molecular weight excluding hydrogens is 834 g/mol. The molecule has 9 nitrogen and oxygen atoms in total. The summed E-state index contributed by atoms with van der Waals surface area (Å²) in [4.78, 5) is 27.1. The van der Waals surface area contributed by atoms with E-state index in [0.29, 0.717) is 18.6 Å². The molecule has 0 saturated heterocycles. The minimum absolute atomic E-state index is 0.00447. The normalized spacial score (nSPS) is 14.9. The van der Waals surface area contributed by atoms with Gasteiger partial charge in [-0.2, -0.15) is 5.01 Å². The lowest BCUT2D eigenvalue weighted by Crippen LogP contribution is -2.33. The summed E-state index contributed by atoms with van der Waals surface area (Å²) in [6.45, 7) is 13.6. The van der Waals surface area contributed by atoms with Gasteiger partial charge in [0.2, 0.25) is 15.1 Å². The van der Waals surface area contributed by atoms with Gasteiger partial charge in [0.15, 0.2) is 11.1 Å². The molecule has 0 spiro atoms. The summed E-state index contributed by atoms with van der Waals surface area (Å²) in [6, 6.07) is 21.8. The van der Waals surface area contributed by atoms with Gasteiger partial charge in [-0.1, -0.05) is 142 Å². The minimum atomic E-state index is -4.02. The van der Waals surface area contributed by atoms with Crippen LogP contribution in [0, 0.1) is 0 Å². The number of amides is 1. The van der Waals surface area contributed by atoms with Crippen LogP contribution in [0.1, 0.15) is 82.3 Å². The van der Waals surface area contributed by atoms with E-state index in [1.54, 1.807) is 30.3 Å². The van der Waals surface area contributed by atoms with E-state index >= 15 is 0 Å². The first kappa shape index (κ1) is 43.8. The Morgan fingerprint density at radius 1 is 0.875 bits per heavy atom. The zero-order valence-corrected chi connectivity index (χ0v) is 36.5. The number of amidine groups is 1. The lowest BCUT2D eigenvalue weighted by molar-refractivity contribution is -0.116. The van der Waals surface area contributed by atoms with Crippen LogP contribution in [-0.2, 0) is 25.6 Å². The minimum Gasteiger partial charge on any atom is -0.493 e. The number of hydrogen-bond donors (Lipinski definition) is 2. The summed E-state index contributed by atoms with van der Waals surface area (Å²) in [5.74, 6) is 0.172. The van der Waals surface area contributed by atoms with Crippen molar-refractivity contribution in [3.8, 4) is 5.75 Å². The first-order valence-corrected chi connectivity index (χ1v) is 21.9. The SMILES string of the molecule is CCC(C)(C)c1ccc(OCCCNS(=O)(=O)c2ccc(Cl)c(NC3=NN(c4c(Cl)cc(Cl)cc4Cl)C(=O)C3SC(=O)c3ccccc3)c2)c(C(C)(C)CC)c1. The first-order chi connectivity index (χ1) is 26.4. The Kier molecular flexibility index (Phi) is 14.2. The van der Waals surface area contributed by atoms with E-state index in [4.69, 9.17) is 51.1 Å². The van der Waals surface area contributed by atoms with Crippen LogP contribution >= 0.6 is 58.2 Å². The summed E-state index contributed by atoms with van der Waals surface area (Å²) in [7, 11) is -4.02. The average Bonchev–Trinajstić information content (AvgIpc) is 3.44. The first-order valence-electron chi connectivity index (χ1n) is 18.1. The summed E-state index contributed by atoms with van der Waals surface area (Å²) >= 11 is 26.3. The Balaban J connectivity index is 1.32. The molecule has 0 fully saturated rings. The molecule has 15 heteroatoms. The highest BCUT2D eigenvalue weighted by Crippen LogP contribution is 2.41. The van der Waals surface area contributed by atoms with Gasteiger partial charge in [0.25, 0.3) is 5.91 Å². The maximum absolute atomic E-state index is 13.9. The van der Waals surface area contributed by atoms with Crippen LogP contribution in [0.2, 0.25) is 20.1 Å². The van der Waals surface area contributed by atoms with Gasteiger partial charge in [-0.05, 0) is 72.1 Å². The van der Waals surface area contributed by atoms with Crippen LogP contribution in [0.15, 0.2) is 88.9 Å². The number of halogens is 4. The molecule has 56 heavy (non-hydrogen) atoms. The van der Waals surface area contributed by atoms with Crippen molar-refractivity contribution in [3.63, 3.8) is 0 Å². The predicted molar refractivity (Wildman–Crippen MR) is 232 cm³/mol. The fraction of sp³-hybridized carbons (Fsp3) is 0.341. The average molecular weight is 879 g/mol. The number of nitrogens with one attached hydrogen (secondary N) is 2. The molecule has 1 heterocycles. The third-order valence-electron chi connectivity index (χ3n) is 9.96. The number of nitrogens with zero attached hydrogens (tertiary/aromatic N) is 2. The zero-order chi connectivity index (χ0) is 41.0.